The molecule has 0 spiro atoms. The number of aromatic nitrogens is 2. The third kappa shape index (κ3) is 2.89. The van der Waals surface area contributed by atoms with Crippen LogP contribution in [0.3, 0.4) is 0 Å². The Morgan fingerprint density at radius 3 is 2.67 bits per heavy atom. The summed E-state index contributed by atoms with van der Waals surface area (Å²) in [6, 6.07) is 1.83. The maximum absolute atomic E-state index is 13.0. The minimum atomic E-state index is -0.646. The molecule has 0 aliphatic carbocycles. The average Bonchev–Trinajstić information content (AvgIpc) is 3.02. The monoisotopic (exact) mass is 313 g/mol. The molecule has 1 aromatic heterocycles. The van der Waals surface area contributed by atoms with Crippen molar-refractivity contribution in [1.82, 2.24) is 25.3 Å². The average molecular weight is 314 g/mol. The zero-order chi connectivity index (χ0) is 14.0. The number of piperazine rings is 1. The maximum atomic E-state index is 13.0. The van der Waals surface area contributed by atoms with Gasteiger partial charge in [0.05, 0.1) is 6.54 Å². The van der Waals surface area contributed by atoms with Gasteiger partial charge in [0.25, 0.3) is 5.91 Å². The van der Waals surface area contributed by atoms with E-state index in [9.17, 15) is 9.59 Å². The van der Waals surface area contributed by atoms with Crippen LogP contribution >= 0.6 is 12.4 Å². The molecule has 2 saturated heterocycles. The molecule has 0 unspecified atom stereocenters. The minimum absolute atomic E-state index is 0. The lowest BCUT2D eigenvalue weighted by Crippen LogP contribution is -2.60. The Kier molecular flexibility index (Phi) is 4.84. The molecule has 0 atom stereocenters. The third-order valence-corrected chi connectivity index (χ3v) is 4.10. The molecule has 2 aliphatic heterocycles. The van der Waals surface area contributed by atoms with Crippen molar-refractivity contribution in [3.05, 3.63) is 18.5 Å². The number of amides is 2. The highest BCUT2D eigenvalue weighted by atomic mass is 35.5. The molecule has 2 N–H and O–H groups in total. The second kappa shape index (κ2) is 6.44. The fourth-order valence-electron chi connectivity index (χ4n) is 3.01. The molecule has 2 aliphatic rings. The number of nitrogens with one attached hydrogen (secondary N) is 2. The largest absolute Gasteiger partial charge is 0.353 e. The van der Waals surface area contributed by atoms with Crippen LogP contribution in [0.5, 0.6) is 0 Å². The molecule has 0 radical (unpaired) electrons. The van der Waals surface area contributed by atoms with Gasteiger partial charge in [0.15, 0.2) is 0 Å². The standard InChI is InChI=1S/C13H19N5O2.ClH/c19-11-10-17(9-7-15-11)12(20)13(2-5-14-6-3-13)18-8-1-4-16-18;/h1,4,8,14H,2-3,5-7,9-10H2,(H,15,19);1H. The normalized spacial score (nSPS) is 21.3. The van der Waals surface area contributed by atoms with Crippen LogP contribution < -0.4 is 10.6 Å². The number of piperidine rings is 1. The van der Waals surface area contributed by atoms with E-state index in [1.165, 1.54) is 0 Å². The highest BCUT2D eigenvalue weighted by molar-refractivity contribution is 5.90. The number of hydrogen-bond acceptors (Lipinski definition) is 4. The molecule has 2 fully saturated rings. The van der Waals surface area contributed by atoms with Crippen molar-refractivity contribution in [1.29, 1.82) is 0 Å². The van der Waals surface area contributed by atoms with Crippen molar-refractivity contribution in [2.24, 2.45) is 0 Å². The number of carbonyl (C=O) groups excluding carboxylic acids is 2. The summed E-state index contributed by atoms with van der Waals surface area (Å²) in [5.41, 5.74) is -0.646. The fraction of sp³-hybridized carbons (Fsp3) is 0.615. The van der Waals surface area contributed by atoms with E-state index in [1.54, 1.807) is 15.8 Å². The van der Waals surface area contributed by atoms with Crippen molar-refractivity contribution in [2.45, 2.75) is 18.4 Å². The van der Waals surface area contributed by atoms with Gasteiger partial charge < -0.3 is 15.5 Å². The number of nitrogens with zero attached hydrogens (tertiary/aromatic N) is 3. The van der Waals surface area contributed by atoms with Crippen molar-refractivity contribution >= 4 is 24.2 Å². The van der Waals surface area contributed by atoms with Gasteiger partial charge in [0.2, 0.25) is 5.91 Å². The SMILES string of the molecule is Cl.O=C1CN(C(=O)C2(n3cccn3)CCNCC2)CCN1. The zero-order valence-corrected chi connectivity index (χ0v) is 12.6. The van der Waals surface area contributed by atoms with Crippen LogP contribution in [0.4, 0.5) is 0 Å². The summed E-state index contributed by atoms with van der Waals surface area (Å²) in [6.07, 6.45) is 4.93. The molecular formula is C13H20ClN5O2. The molecule has 0 saturated carbocycles. The van der Waals surface area contributed by atoms with Gasteiger partial charge in [-0.2, -0.15) is 5.10 Å². The van der Waals surface area contributed by atoms with Crippen LogP contribution in [0.1, 0.15) is 12.8 Å². The molecule has 116 valence electrons. The van der Waals surface area contributed by atoms with E-state index in [1.807, 2.05) is 12.3 Å². The van der Waals surface area contributed by atoms with Gasteiger partial charge in [0.1, 0.15) is 5.54 Å². The summed E-state index contributed by atoms with van der Waals surface area (Å²) < 4.78 is 1.77. The Morgan fingerprint density at radius 1 is 1.29 bits per heavy atom. The van der Waals surface area contributed by atoms with Crippen molar-refractivity contribution < 1.29 is 9.59 Å². The quantitative estimate of drug-likeness (QED) is 0.760. The molecule has 1 aromatic rings. The van der Waals surface area contributed by atoms with Crippen LogP contribution in [0.15, 0.2) is 18.5 Å². The first kappa shape index (κ1) is 15.8. The number of hydrogen-bond donors (Lipinski definition) is 2. The summed E-state index contributed by atoms with van der Waals surface area (Å²) in [7, 11) is 0. The van der Waals surface area contributed by atoms with Crippen molar-refractivity contribution in [3.63, 3.8) is 0 Å². The fourth-order valence-corrected chi connectivity index (χ4v) is 3.01. The first-order valence-electron chi connectivity index (χ1n) is 6.99. The Hall–Kier alpha value is -1.60. The van der Waals surface area contributed by atoms with Crippen molar-refractivity contribution in [2.75, 3.05) is 32.7 Å². The predicted octanol–water partition coefficient (Wildman–Crippen LogP) is -0.658. The van der Waals surface area contributed by atoms with Gasteiger partial charge in [0, 0.05) is 25.5 Å². The molecule has 8 heteroatoms. The third-order valence-electron chi connectivity index (χ3n) is 4.10. The zero-order valence-electron chi connectivity index (χ0n) is 11.7. The van der Waals surface area contributed by atoms with E-state index in [-0.39, 0.29) is 30.8 Å². The summed E-state index contributed by atoms with van der Waals surface area (Å²) in [5.74, 6) is -0.0771. The Labute approximate surface area is 129 Å². The molecule has 3 rings (SSSR count). The van der Waals surface area contributed by atoms with E-state index in [2.05, 4.69) is 15.7 Å². The highest BCUT2D eigenvalue weighted by Gasteiger charge is 2.45. The second-order valence-electron chi connectivity index (χ2n) is 5.31. The van der Waals surface area contributed by atoms with E-state index in [0.717, 1.165) is 13.1 Å². The number of rotatable bonds is 2. The van der Waals surface area contributed by atoms with Gasteiger partial charge in [-0.15, -0.1) is 12.4 Å². The summed E-state index contributed by atoms with van der Waals surface area (Å²) in [4.78, 5) is 26.1. The first-order valence-corrected chi connectivity index (χ1v) is 6.99. The topological polar surface area (TPSA) is 79.3 Å². The molecule has 0 aromatic carbocycles. The van der Waals surface area contributed by atoms with E-state index in [0.29, 0.717) is 25.9 Å². The minimum Gasteiger partial charge on any atom is -0.353 e. The van der Waals surface area contributed by atoms with Gasteiger partial charge in [-0.1, -0.05) is 0 Å². The molecular weight excluding hydrogens is 294 g/mol. The lowest BCUT2D eigenvalue weighted by molar-refractivity contribution is -0.147. The van der Waals surface area contributed by atoms with Crippen molar-refractivity contribution in [3.8, 4) is 0 Å². The van der Waals surface area contributed by atoms with Crippen LogP contribution in [0.25, 0.3) is 0 Å². The lowest BCUT2D eigenvalue weighted by atomic mass is 9.86. The Bertz CT molecular complexity index is 499. The molecule has 7 nitrogen and oxygen atoms in total. The second-order valence-corrected chi connectivity index (χ2v) is 5.31. The van der Waals surface area contributed by atoms with E-state index >= 15 is 0 Å². The summed E-state index contributed by atoms with van der Waals surface area (Å²) >= 11 is 0. The summed E-state index contributed by atoms with van der Waals surface area (Å²) in [5, 5.41) is 10.3. The lowest BCUT2D eigenvalue weighted by Gasteiger charge is -2.41. The van der Waals surface area contributed by atoms with Gasteiger partial charge in [-0.25, -0.2) is 0 Å². The number of halogens is 1. The molecule has 21 heavy (non-hydrogen) atoms. The van der Waals surface area contributed by atoms with Crippen LogP contribution in [0.2, 0.25) is 0 Å². The molecule has 2 amide bonds. The van der Waals surface area contributed by atoms with E-state index in [4.69, 9.17) is 0 Å². The van der Waals surface area contributed by atoms with Crippen LogP contribution in [0, 0.1) is 0 Å². The summed E-state index contributed by atoms with van der Waals surface area (Å²) in [6.45, 7) is 2.81. The first-order chi connectivity index (χ1) is 9.72. The Morgan fingerprint density at radius 2 is 2.05 bits per heavy atom. The van der Waals surface area contributed by atoms with Crippen LogP contribution in [-0.4, -0.2) is 59.2 Å². The molecule has 0 bridgehead atoms. The van der Waals surface area contributed by atoms with Gasteiger partial charge in [-0.3, -0.25) is 14.3 Å². The van der Waals surface area contributed by atoms with Gasteiger partial charge in [-0.05, 0) is 32.0 Å². The Balaban J connectivity index is 0.00000161. The predicted molar refractivity (Wildman–Crippen MR) is 79.1 cm³/mol. The molecule has 3 heterocycles. The van der Waals surface area contributed by atoms with Crippen LogP contribution in [-0.2, 0) is 15.1 Å². The van der Waals surface area contributed by atoms with E-state index < -0.39 is 5.54 Å². The maximum Gasteiger partial charge on any atom is 0.251 e. The van der Waals surface area contributed by atoms with Gasteiger partial charge >= 0.3 is 0 Å². The number of carbonyl (C=O) groups is 2. The smallest absolute Gasteiger partial charge is 0.251 e. The highest BCUT2D eigenvalue weighted by Crippen LogP contribution is 2.29.